The van der Waals surface area contributed by atoms with E-state index in [1.165, 1.54) is 6.07 Å². The van der Waals surface area contributed by atoms with Crippen molar-refractivity contribution < 1.29 is 9.34 Å². The molecule has 0 amide bonds. The summed E-state index contributed by atoms with van der Waals surface area (Å²) in [5, 5.41) is 10.3. The Bertz CT molecular complexity index is 349. The van der Waals surface area contributed by atoms with E-state index in [2.05, 4.69) is 0 Å². The first-order chi connectivity index (χ1) is 6.67. The summed E-state index contributed by atoms with van der Waals surface area (Å²) in [4.78, 5) is 9.74. The highest BCUT2D eigenvalue weighted by Crippen LogP contribution is 2.18. The van der Waals surface area contributed by atoms with Crippen molar-refractivity contribution in [1.29, 1.82) is 0 Å². The van der Waals surface area contributed by atoms with Crippen LogP contribution in [-0.2, 0) is 0 Å². The van der Waals surface area contributed by atoms with Gasteiger partial charge in [0.25, 0.3) is 0 Å². The van der Waals surface area contributed by atoms with Gasteiger partial charge >= 0.3 is 5.88 Å². The van der Waals surface area contributed by atoms with E-state index in [0.717, 1.165) is 12.0 Å². The first kappa shape index (κ1) is 10.5. The minimum atomic E-state index is -0.564. The fourth-order valence-electron chi connectivity index (χ4n) is 1.02. The molecule has 0 aliphatic rings. The van der Waals surface area contributed by atoms with Crippen LogP contribution in [-0.4, -0.2) is 11.5 Å². The number of hydrogen-bond donors (Lipinski definition) is 1. The van der Waals surface area contributed by atoms with E-state index < -0.39 is 4.92 Å². The van der Waals surface area contributed by atoms with Crippen LogP contribution in [0.15, 0.2) is 22.1 Å². The van der Waals surface area contributed by atoms with Gasteiger partial charge in [-0.25, -0.2) is 0 Å². The summed E-state index contributed by atoms with van der Waals surface area (Å²) in [5.74, 6) is 0.225. The van der Waals surface area contributed by atoms with E-state index in [0.29, 0.717) is 12.3 Å². The second-order valence-corrected chi connectivity index (χ2v) is 2.79. The lowest BCUT2D eigenvalue weighted by Crippen LogP contribution is -2.01. The summed E-state index contributed by atoms with van der Waals surface area (Å²) in [7, 11) is 0. The third-order valence-corrected chi connectivity index (χ3v) is 1.86. The molecule has 0 aromatic carbocycles. The summed E-state index contributed by atoms with van der Waals surface area (Å²) < 4.78 is 4.95. The van der Waals surface area contributed by atoms with Crippen molar-refractivity contribution in [3.63, 3.8) is 0 Å². The zero-order chi connectivity index (χ0) is 10.6. The van der Waals surface area contributed by atoms with Crippen molar-refractivity contribution >= 4 is 12.0 Å². The molecule has 1 rings (SSSR count). The highest BCUT2D eigenvalue weighted by Gasteiger charge is 2.10. The van der Waals surface area contributed by atoms with Crippen LogP contribution in [0.1, 0.15) is 19.1 Å². The molecule has 0 aliphatic carbocycles. The average Bonchev–Trinajstić information content (AvgIpc) is 2.62. The predicted octanol–water partition coefficient (Wildman–Crippen LogP) is 1.94. The lowest BCUT2D eigenvalue weighted by molar-refractivity contribution is -0.402. The van der Waals surface area contributed by atoms with Crippen LogP contribution in [0.5, 0.6) is 0 Å². The van der Waals surface area contributed by atoms with Gasteiger partial charge in [0.05, 0.1) is 6.07 Å². The largest absolute Gasteiger partial charge is 0.433 e. The summed E-state index contributed by atoms with van der Waals surface area (Å²) in [6.45, 7) is 2.40. The number of rotatable bonds is 4. The molecule has 1 heterocycles. The fraction of sp³-hybridized carbons (Fsp3) is 0.333. The minimum absolute atomic E-state index is 0.247. The second kappa shape index (κ2) is 4.57. The molecule has 0 aliphatic heterocycles. The molecular formula is C9H12N2O3. The van der Waals surface area contributed by atoms with Gasteiger partial charge in [0.1, 0.15) is 10.7 Å². The number of furan rings is 1. The van der Waals surface area contributed by atoms with Crippen molar-refractivity contribution in [1.82, 2.24) is 0 Å². The maximum absolute atomic E-state index is 10.3. The quantitative estimate of drug-likeness (QED) is 0.589. The van der Waals surface area contributed by atoms with Gasteiger partial charge in [-0.2, -0.15) is 0 Å². The molecule has 2 N–H and O–H groups in total. The third kappa shape index (κ3) is 2.43. The first-order valence-electron chi connectivity index (χ1n) is 4.31. The van der Waals surface area contributed by atoms with Crippen molar-refractivity contribution in [3.8, 4) is 0 Å². The van der Waals surface area contributed by atoms with Gasteiger partial charge in [-0.15, -0.1) is 0 Å². The van der Waals surface area contributed by atoms with Crippen molar-refractivity contribution in [3.05, 3.63) is 33.6 Å². The van der Waals surface area contributed by atoms with Crippen molar-refractivity contribution in [2.24, 2.45) is 5.73 Å². The standard InChI is InChI=1S/C9H12N2O3/c1-2-7(6-10)5-8-3-4-9(14-8)11(12)13/h3-5H,2,6,10H2,1H3. The molecule has 0 saturated carbocycles. The molecule has 0 unspecified atom stereocenters. The van der Waals surface area contributed by atoms with Crippen molar-refractivity contribution in [2.75, 3.05) is 6.54 Å². The molecule has 5 nitrogen and oxygen atoms in total. The van der Waals surface area contributed by atoms with Gasteiger partial charge in [-0.1, -0.05) is 12.5 Å². The number of nitrogens with zero attached hydrogens (tertiary/aromatic N) is 1. The highest BCUT2D eigenvalue weighted by molar-refractivity contribution is 5.49. The Labute approximate surface area is 81.4 Å². The number of nitro groups is 1. The van der Waals surface area contributed by atoms with Gasteiger partial charge < -0.3 is 10.2 Å². The zero-order valence-corrected chi connectivity index (χ0v) is 7.90. The summed E-state index contributed by atoms with van der Waals surface area (Å²) in [6, 6.07) is 2.89. The molecule has 14 heavy (non-hydrogen) atoms. The molecule has 1 aromatic rings. The molecule has 0 spiro atoms. The molecule has 0 saturated heterocycles. The summed E-state index contributed by atoms with van der Waals surface area (Å²) >= 11 is 0. The second-order valence-electron chi connectivity index (χ2n) is 2.79. The van der Waals surface area contributed by atoms with E-state index >= 15 is 0 Å². The van der Waals surface area contributed by atoms with E-state index in [1.54, 1.807) is 12.1 Å². The Morgan fingerprint density at radius 1 is 1.71 bits per heavy atom. The normalized spacial score (nSPS) is 11.7. The maximum atomic E-state index is 10.3. The van der Waals surface area contributed by atoms with E-state index in [9.17, 15) is 10.1 Å². The SMILES string of the molecule is CCC(=Cc1ccc([N+](=O)[O-])o1)CN. The molecule has 0 radical (unpaired) electrons. The van der Waals surface area contributed by atoms with Crippen LogP contribution < -0.4 is 5.73 Å². The summed E-state index contributed by atoms with van der Waals surface area (Å²) in [5.41, 5.74) is 6.45. The molecular weight excluding hydrogens is 184 g/mol. The first-order valence-corrected chi connectivity index (χ1v) is 4.31. The average molecular weight is 196 g/mol. The molecule has 0 atom stereocenters. The van der Waals surface area contributed by atoms with Crippen LogP contribution in [0, 0.1) is 10.1 Å². The van der Waals surface area contributed by atoms with Crippen LogP contribution in [0.4, 0.5) is 5.88 Å². The van der Waals surface area contributed by atoms with E-state index in [4.69, 9.17) is 10.2 Å². The molecule has 0 bridgehead atoms. The molecule has 1 aromatic heterocycles. The zero-order valence-electron chi connectivity index (χ0n) is 7.90. The monoisotopic (exact) mass is 196 g/mol. The Morgan fingerprint density at radius 2 is 2.43 bits per heavy atom. The van der Waals surface area contributed by atoms with Crippen LogP contribution >= 0.6 is 0 Å². The Kier molecular flexibility index (Phi) is 3.41. The van der Waals surface area contributed by atoms with E-state index in [-0.39, 0.29) is 5.88 Å². The topological polar surface area (TPSA) is 82.3 Å². The smallest absolute Gasteiger partial charge is 0.401 e. The van der Waals surface area contributed by atoms with Gasteiger partial charge in [-0.05, 0) is 18.6 Å². The van der Waals surface area contributed by atoms with Crippen LogP contribution in [0.2, 0.25) is 0 Å². The highest BCUT2D eigenvalue weighted by atomic mass is 16.6. The number of nitrogens with two attached hydrogens (primary N) is 1. The van der Waals surface area contributed by atoms with Gasteiger partial charge in [0.15, 0.2) is 0 Å². The lowest BCUT2D eigenvalue weighted by Gasteiger charge is -1.96. The Balaban J connectivity index is 2.87. The van der Waals surface area contributed by atoms with Crippen molar-refractivity contribution in [2.45, 2.75) is 13.3 Å². The third-order valence-electron chi connectivity index (χ3n) is 1.86. The van der Waals surface area contributed by atoms with Crippen LogP contribution in [0.25, 0.3) is 6.08 Å². The van der Waals surface area contributed by atoms with Crippen LogP contribution in [0.3, 0.4) is 0 Å². The fourth-order valence-corrected chi connectivity index (χ4v) is 1.02. The predicted molar refractivity (Wildman–Crippen MR) is 52.7 cm³/mol. The Hall–Kier alpha value is -1.62. The van der Waals surface area contributed by atoms with Gasteiger partial charge in [0, 0.05) is 6.54 Å². The summed E-state index contributed by atoms with van der Waals surface area (Å²) in [6.07, 6.45) is 2.54. The Morgan fingerprint density at radius 3 is 2.86 bits per heavy atom. The van der Waals surface area contributed by atoms with Gasteiger partial charge in [-0.3, -0.25) is 10.1 Å². The maximum Gasteiger partial charge on any atom is 0.433 e. The van der Waals surface area contributed by atoms with E-state index in [1.807, 2.05) is 6.92 Å². The molecule has 76 valence electrons. The molecule has 0 fully saturated rings. The number of hydrogen-bond acceptors (Lipinski definition) is 4. The minimum Gasteiger partial charge on any atom is -0.401 e. The van der Waals surface area contributed by atoms with Gasteiger partial charge in [0.2, 0.25) is 0 Å². The molecule has 5 heteroatoms. The lowest BCUT2D eigenvalue weighted by atomic mass is 10.2.